The number of nitrogens with one attached hydrogen (secondary N) is 2. The molecule has 2 amide bonds. The molecule has 9 heteroatoms. The SMILES string of the molecule is O=C(CCNC(=O)c1ccco1)NCc1ccc(F)cc1C(F)(F)F. The number of benzene rings is 1. The Hall–Kier alpha value is -2.84. The molecular weight excluding hydrogens is 344 g/mol. The molecule has 0 aliphatic rings. The molecule has 1 aromatic heterocycles. The highest BCUT2D eigenvalue weighted by Crippen LogP contribution is 2.32. The van der Waals surface area contributed by atoms with Gasteiger partial charge in [-0.3, -0.25) is 9.59 Å². The van der Waals surface area contributed by atoms with Gasteiger partial charge in [0.15, 0.2) is 5.76 Å². The lowest BCUT2D eigenvalue weighted by Gasteiger charge is -2.13. The lowest BCUT2D eigenvalue weighted by molar-refractivity contribution is -0.138. The Balaban J connectivity index is 1.83. The Morgan fingerprint density at radius 3 is 2.52 bits per heavy atom. The van der Waals surface area contributed by atoms with Crippen LogP contribution in [-0.4, -0.2) is 18.4 Å². The van der Waals surface area contributed by atoms with Gasteiger partial charge in [-0.05, 0) is 29.8 Å². The first-order valence-electron chi connectivity index (χ1n) is 7.21. The molecule has 2 aromatic rings. The third-order valence-electron chi connectivity index (χ3n) is 3.24. The van der Waals surface area contributed by atoms with Crippen LogP contribution in [0.1, 0.15) is 28.1 Å². The second-order valence-electron chi connectivity index (χ2n) is 5.06. The Morgan fingerprint density at radius 2 is 1.88 bits per heavy atom. The quantitative estimate of drug-likeness (QED) is 0.780. The zero-order valence-electron chi connectivity index (χ0n) is 12.8. The molecule has 0 spiro atoms. The zero-order chi connectivity index (χ0) is 18.4. The normalized spacial score (nSPS) is 11.2. The van der Waals surface area contributed by atoms with Crippen LogP contribution in [0.2, 0.25) is 0 Å². The number of carbonyl (C=O) groups excluding carboxylic acids is 2. The average Bonchev–Trinajstić information content (AvgIpc) is 3.07. The summed E-state index contributed by atoms with van der Waals surface area (Å²) in [6, 6.07) is 5.22. The number of hydrogen-bond acceptors (Lipinski definition) is 3. The Morgan fingerprint density at radius 1 is 1.12 bits per heavy atom. The minimum Gasteiger partial charge on any atom is -0.459 e. The fourth-order valence-electron chi connectivity index (χ4n) is 2.03. The Labute approximate surface area is 140 Å². The minimum atomic E-state index is -4.72. The fourth-order valence-corrected chi connectivity index (χ4v) is 2.03. The number of hydrogen-bond donors (Lipinski definition) is 2. The number of alkyl halides is 3. The van der Waals surface area contributed by atoms with Crippen molar-refractivity contribution in [2.45, 2.75) is 19.1 Å². The molecule has 134 valence electrons. The van der Waals surface area contributed by atoms with Crippen LogP contribution in [0, 0.1) is 5.82 Å². The largest absolute Gasteiger partial charge is 0.459 e. The van der Waals surface area contributed by atoms with Gasteiger partial charge in [0, 0.05) is 19.5 Å². The van der Waals surface area contributed by atoms with E-state index in [0.29, 0.717) is 6.07 Å². The fraction of sp³-hybridized carbons (Fsp3) is 0.250. The molecule has 0 radical (unpaired) electrons. The van der Waals surface area contributed by atoms with Crippen molar-refractivity contribution in [1.29, 1.82) is 0 Å². The van der Waals surface area contributed by atoms with Gasteiger partial charge in [0.1, 0.15) is 5.82 Å². The van der Waals surface area contributed by atoms with Crippen LogP contribution in [0.15, 0.2) is 41.0 Å². The minimum absolute atomic E-state index is 0.0130. The van der Waals surface area contributed by atoms with E-state index in [0.717, 1.165) is 12.1 Å². The summed E-state index contributed by atoms with van der Waals surface area (Å²) in [6.45, 7) is -0.416. The molecule has 0 saturated heterocycles. The molecule has 0 bridgehead atoms. The maximum absolute atomic E-state index is 13.0. The summed E-state index contributed by atoms with van der Waals surface area (Å²) in [7, 11) is 0. The molecular formula is C16H14F4N2O3. The van der Waals surface area contributed by atoms with Crippen molar-refractivity contribution >= 4 is 11.8 Å². The molecule has 25 heavy (non-hydrogen) atoms. The number of furan rings is 1. The monoisotopic (exact) mass is 358 g/mol. The third kappa shape index (κ3) is 5.33. The molecule has 2 N–H and O–H groups in total. The van der Waals surface area contributed by atoms with E-state index in [1.807, 2.05) is 0 Å². The first-order chi connectivity index (χ1) is 11.8. The average molecular weight is 358 g/mol. The third-order valence-corrected chi connectivity index (χ3v) is 3.24. The van der Waals surface area contributed by atoms with Gasteiger partial charge in [-0.2, -0.15) is 13.2 Å². The van der Waals surface area contributed by atoms with Crippen molar-refractivity contribution in [3.63, 3.8) is 0 Å². The molecule has 0 fully saturated rings. The van der Waals surface area contributed by atoms with Gasteiger partial charge < -0.3 is 15.1 Å². The summed E-state index contributed by atoms with van der Waals surface area (Å²) in [6.07, 6.45) is -3.53. The highest BCUT2D eigenvalue weighted by atomic mass is 19.4. The van der Waals surface area contributed by atoms with Gasteiger partial charge in [-0.15, -0.1) is 0 Å². The summed E-state index contributed by atoms with van der Waals surface area (Å²) >= 11 is 0. The van der Waals surface area contributed by atoms with Gasteiger partial charge in [0.2, 0.25) is 5.91 Å². The van der Waals surface area contributed by atoms with E-state index in [-0.39, 0.29) is 24.3 Å². The van der Waals surface area contributed by atoms with Gasteiger partial charge in [0.25, 0.3) is 5.91 Å². The highest BCUT2D eigenvalue weighted by Gasteiger charge is 2.33. The Bertz CT molecular complexity index is 742. The van der Waals surface area contributed by atoms with Crippen molar-refractivity contribution in [2.75, 3.05) is 6.54 Å². The highest BCUT2D eigenvalue weighted by molar-refractivity contribution is 5.91. The number of carbonyl (C=O) groups is 2. The molecule has 2 rings (SSSR count). The predicted octanol–water partition coefficient (Wildman–Crippen LogP) is 2.87. The summed E-state index contributed by atoms with van der Waals surface area (Å²) in [4.78, 5) is 23.2. The van der Waals surface area contributed by atoms with Crippen molar-refractivity contribution in [3.8, 4) is 0 Å². The molecule has 0 aliphatic carbocycles. The van der Waals surface area contributed by atoms with Crippen LogP contribution in [0.5, 0.6) is 0 Å². The summed E-state index contributed by atoms with van der Waals surface area (Å²) in [5.41, 5.74) is -1.39. The standard InChI is InChI=1S/C16H14F4N2O3/c17-11-4-3-10(12(8-11)16(18,19)20)9-22-14(23)5-6-21-15(24)13-2-1-7-25-13/h1-4,7-8H,5-6,9H2,(H,21,24)(H,22,23). The summed E-state index contributed by atoms with van der Waals surface area (Å²) < 4.78 is 56.4. The first kappa shape index (κ1) is 18.5. The number of halogens is 4. The van der Waals surface area contributed by atoms with Crippen LogP contribution in [-0.2, 0) is 17.5 Å². The van der Waals surface area contributed by atoms with Crippen LogP contribution >= 0.6 is 0 Å². The number of rotatable bonds is 6. The van der Waals surface area contributed by atoms with E-state index in [2.05, 4.69) is 10.6 Å². The smallest absolute Gasteiger partial charge is 0.416 e. The van der Waals surface area contributed by atoms with Crippen molar-refractivity contribution in [3.05, 3.63) is 59.3 Å². The van der Waals surface area contributed by atoms with E-state index >= 15 is 0 Å². The van der Waals surface area contributed by atoms with E-state index in [1.165, 1.54) is 18.4 Å². The molecule has 1 aromatic carbocycles. The molecule has 5 nitrogen and oxygen atoms in total. The lowest BCUT2D eigenvalue weighted by Crippen LogP contribution is -2.30. The van der Waals surface area contributed by atoms with Crippen LogP contribution < -0.4 is 10.6 Å². The van der Waals surface area contributed by atoms with Crippen molar-refractivity contribution in [2.24, 2.45) is 0 Å². The predicted molar refractivity (Wildman–Crippen MR) is 78.9 cm³/mol. The summed E-state index contributed by atoms with van der Waals surface area (Å²) in [5, 5.41) is 4.74. The van der Waals surface area contributed by atoms with Gasteiger partial charge in [-0.1, -0.05) is 6.07 Å². The Kier molecular flexibility index (Phi) is 5.79. The topological polar surface area (TPSA) is 71.3 Å². The van der Waals surface area contributed by atoms with Crippen molar-refractivity contribution in [1.82, 2.24) is 10.6 Å². The van der Waals surface area contributed by atoms with E-state index in [4.69, 9.17) is 4.42 Å². The summed E-state index contributed by atoms with van der Waals surface area (Å²) in [5.74, 6) is -1.99. The van der Waals surface area contributed by atoms with Gasteiger partial charge >= 0.3 is 6.18 Å². The zero-order valence-corrected chi connectivity index (χ0v) is 12.8. The molecule has 1 heterocycles. The first-order valence-corrected chi connectivity index (χ1v) is 7.21. The van der Waals surface area contributed by atoms with Crippen LogP contribution in [0.3, 0.4) is 0 Å². The van der Waals surface area contributed by atoms with Crippen molar-refractivity contribution < 1.29 is 31.6 Å². The van der Waals surface area contributed by atoms with Crippen LogP contribution in [0.4, 0.5) is 17.6 Å². The van der Waals surface area contributed by atoms with E-state index < -0.39 is 35.9 Å². The number of amides is 2. The molecule has 0 saturated carbocycles. The van der Waals surface area contributed by atoms with Crippen LogP contribution in [0.25, 0.3) is 0 Å². The van der Waals surface area contributed by atoms with Gasteiger partial charge in [0.05, 0.1) is 11.8 Å². The van der Waals surface area contributed by atoms with E-state index in [9.17, 15) is 27.2 Å². The lowest BCUT2D eigenvalue weighted by atomic mass is 10.1. The van der Waals surface area contributed by atoms with Gasteiger partial charge in [-0.25, -0.2) is 4.39 Å². The molecule has 0 atom stereocenters. The molecule has 0 unspecified atom stereocenters. The molecule has 0 aliphatic heterocycles. The maximum Gasteiger partial charge on any atom is 0.416 e. The second kappa shape index (κ2) is 7.82. The second-order valence-corrected chi connectivity index (χ2v) is 5.06. The van der Waals surface area contributed by atoms with E-state index in [1.54, 1.807) is 0 Å². The maximum atomic E-state index is 13.0.